The first kappa shape index (κ1) is 19.1. The van der Waals surface area contributed by atoms with Crippen molar-refractivity contribution in [3.8, 4) is 0 Å². The summed E-state index contributed by atoms with van der Waals surface area (Å²) in [6.45, 7) is 1.11. The molecule has 0 spiro atoms. The number of amides is 1. The van der Waals surface area contributed by atoms with Gasteiger partial charge in [0, 0.05) is 19.3 Å². The molecule has 8 heteroatoms. The van der Waals surface area contributed by atoms with E-state index in [1.165, 1.54) is 36.0 Å². The predicted octanol–water partition coefficient (Wildman–Crippen LogP) is 3.54. The number of nitrogens with one attached hydrogen (secondary N) is 1. The molecule has 1 atom stereocenters. The lowest BCUT2D eigenvalue weighted by atomic mass is 10.1. The number of aromatic nitrogens is 3. The summed E-state index contributed by atoms with van der Waals surface area (Å²) in [4.78, 5) is 12.9. The maximum absolute atomic E-state index is 13.1. The molecule has 1 unspecified atom stereocenters. The summed E-state index contributed by atoms with van der Waals surface area (Å²) in [6, 6.07) is 15.1. The van der Waals surface area contributed by atoms with Crippen molar-refractivity contribution >= 4 is 23.4 Å². The van der Waals surface area contributed by atoms with E-state index >= 15 is 0 Å². The summed E-state index contributed by atoms with van der Waals surface area (Å²) in [5.41, 5.74) is 1.37. The van der Waals surface area contributed by atoms with Gasteiger partial charge >= 0.3 is 0 Å². The zero-order valence-corrected chi connectivity index (χ0v) is 15.5. The molecule has 0 aliphatic heterocycles. The van der Waals surface area contributed by atoms with Crippen LogP contribution in [0, 0.1) is 5.82 Å². The van der Waals surface area contributed by atoms with Crippen LogP contribution < -0.4 is 5.32 Å². The molecule has 0 bridgehead atoms. The second-order valence-corrected chi connectivity index (χ2v) is 6.78. The SMILES string of the molecule is COCCn1cnnc1SC(C(=O)Nc1ccc(F)cc1)c1ccccc1. The van der Waals surface area contributed by atoms with Gasteiger partial charge in [0.05, 0.1) is 6.61 Å². The van der Waals surface area contributed by atoms with E-state index < -0.39 is 5.25 Å². The molecule has 2 aromatic carbocycles. The summed E-state index contributed by atoms with van der Waals surface area (Å²) >= 11 is 1.30. The fourth-order valence-electron chi connectivity index (χ4n) is 2.43. The van der Waals surface area contributed by atoms with E-state index in [9.17, 15) is 9.18 Å². The van der Waals surface area contributed by atoms with Crippen molar-refractivity contribution in [2.75, 3.05) is 19.0 Å². The van der Waals surface area contributed by atoms with Crippen molar-refractivity contribution in [2.45, 2.75) is 17.0 Å². The fraction of sp³-hybridized carbons (Fsp3) is 0.211. The normalized spacial score (nSPS) is 11.9. The lowest BCUT2D eigenvalue weighted by molar-refractivity contribution is -0.115. The molecule has 6 nitrogen and oxygen atoms in total. The van der Waals surface area contributed by atoms with Gasteiger partial charge in [-0.25, -0.2) is 4.39 Å². The third-order valence-electron chi connectivity index (χ3n) is 3.79. The average Bonchev–Trinajstić information content (AvgIpc) is 3.14. The van der Waals surface area contributed by atoms with Crippen LogP contribution in [0.2, 0.25) is 0 Å². The topological polar surface area (TPSA) is 69.0 Å². The third kappa shape index (κ3) is 5.15. The molecule has 1 N–H and O–H groups in total. The number of nitrogens with zero attached hydrogens (tertiary/aromatic N) is 3. The van der Waals surface area contributed by atoms with Crippen molar-refractivity contribution in [2.24, 2.45) is 0 Å². The second-order valence-electron chi connectivity index (χ2n) is 5.70. The van der Waals surface area contributed by atoms with E-state index in [4.69, 9.17) is 4.74 Å². The Labute approximate surface area is 160 Å². The first-order chi connectivity index (χ1) is 13.2. The van der Waals surface area contributed by atoms with Gasteiger partial charge in [-0.3, -0.25) is 4.79 Å². The molecule has 140 valence electrons. The molecule has 0 saturated heterocycles. The number of methoxy groups -OCH3 is 1. The Morgan fingerprint density at radius 1 is 1.22 bits per heavy atom. The predicted molar refractivity (Wildman–Crippen MR) is 102 cm³/mol. The Morgan fingerprint density at radius 3 is 2.67 bits per heavy atom. The van der Waals surface area contributed by atoms with Crippen LogP contribution in [0.15, 0.2) is 66.1 Å². The number of halogens is 1. The Balaban J connectivity index is 1.82. The standard InChI is InChI=1S/C19H19FN4O2S/c1-26-12-11-24-13-21-23-19(24)27-17(14-5-3-2-4-6-14)18(25)22-16-9-7-15(20)8-10-16/h2-10,13,17H,11-12H2,1H3,(H,22,25). The molecule has 1 aromatic heterocycles. The summed E-state index contributed by atoms with van der Waals surface area (Å²) in [5.74, 6) is -0.577. The fourth-order valence-corrected chi connectivity index (χ4v) is 3.46. The molecule has 3 aromatic rings. The van der Waals surface area contributed by atoms with Crippen molar-refractivity contribution in [3.63, 3.8) is 0 Å². The number of thioether (sulfide) groups is 1. The highest BCUT2D eigenvalue weighted by molar-refractivity contribution is 8.00. The third-order valence-corrected chi connectivity index (χ3v) is 5.04. The van der Waals surface area contributed by atoms with Crippen LogP contribution in [0.3, 0.4) is 0 Å². The van der Waals surface area contributed by atoms with Gasteiger partial charge in [-0.1, -0.05) is 42.1 Å². The van der Waals surface area contributed by atoms with E-state index in [0.717, 1.165) is 5.56 Å². The summed E-state index contributed by atoms with van der Waals surface area (Å²) < 4.78 is 20.0. The first-order valence-electron chi connectivity index (χ1n) is 8.32. The molecule has 1 heterocycles. The van der Waals surface area contributed by atoms with Crippen molar-refractivity contribution < 1.29 is 13.9 Å². The lowest BCUT2D eigenvalue weighted by Crippen LogP contribution is -2.19. The number of hydrogen-bond acceptors (Lipinski definition) is 5. The second kappa shape index (κ2) is 9.29. The Kier molecular flexibility index (Phi) is 6.56. The van der Waals surface area contributed by atoms with Gasteiger partial charge in [-0.05, 0) is 29.8 Å². The maximum Gasteiger partial charge on any atom is 0.242 e. The highest BCUT2D eigenvalue weighted by atomic mass is 32.2. The minimum atomic E-state index is -0.540. The van der Waals surface area contributed by atoms with Gasteiger partial charge in [-0.2, -0.15) is 0 Å². The molecule has 1 amide bonds. The van der Waals surface area contributed by atoms with E-state index in [-0.39, 0.29) is 11.7 Å². The number of hydrogen-bond donors (Lipinski definition) is 1. The average molecular weight is 386 g/mol. The summed E-state index contributed by atoms with van der Waals surface area (Å²) in [5, 5.41) is 11.0. The number of carbonyl (C=O) groups is 1. The minimum absolute atomic E-state index is 0.223. The van der Waals surface area contributed by atoms with E-state index in [0.29, 0.717) is 24.0 Å². The van der Waals surface area contributed by atoms with Crippen LogP contribution in [-0.2, 0) is 16.1 Å². The number of ether oxygens (including phenoxy) is 1. The Morgan fingerprint density at radius 2 is 1.96 bits per heavy atom. The van der Waals surface area contributed by atoms with Gasteiger partial charge < -0.3 is 14.6 Å². The molecule has 0 radical (unpaired) electrons. The molecule has 0 aliphatic rings. The first-order valence-corrected chi connectivity index (χ1v) is 9.20. The smallest absolute Gasteiger partial charge is 0.242 e. The number of benzene rings is 2. The number of rotatable bonds is 8. The zero-order valence-electron chi connectivity index (χ0n) is 14.7. The largest absolute Gasteiger partial charge is 0.383 e. The van der Waals surface area contributed by atoms with Crippen LogP contribution in [0.4, 0.5) is 10.1 Å². The van der Waals surface area contributed by atoms with Crippen molar-refractivity contribution in [3.05, 3.63) is 72.3 Å². The van der Waals surface area contributed by atoms with E-state index in [2.05, 4.69) is 15.5 Å². The Bertz CT molecular complexity index is 871. The highest BCUT2D eigenvalue weighted by Gasteiger charge is 2.24. The maximum atomic E-state index is 13.1. The van der Waals surface area contributed by atoms with Crippen molar-refractivity contribution in [1.29, 1.82) is 0 Å². The quantitative estimate of drug-likeness (QED) is 0.600. The van der Waals surface area contributed by atoms with E-state index in [1.807, 2.05) is 34.9 Å². The molecule has 3 rings (SSSR count). The monoisotopic (exact) mass is 386 g/mol. The van der Waals surface area contributed by atoms with Crippen LogP contribution in [-0.4, -0.2) is 34.4 Å². The van der Waals surface area contributed by atoms with Crippen LogP contribution in [0.5, 0.6) is 0 Å². The van der Waals surface area contributed by atoms with Crippen molar-refractivity contribution in [1.82, 2.24) is 14.8 Å². The van der Waals surface area contributed by atoms with E-state index in [1.54, 1.807) is 13.4 Å². The van der Waals surface area contributed by atoms with Crippen LogP contribution in [0.25, 0.3) is 0 Å². The van der Waals surface area contributed by atoms with Crippen LogP contribution >= 0.6 is 11.8 Å². The molecule has 27 heavy (non-hydrogen) atoms. The lowest BCUT2D eigenvalue weighted by Gasteiger charge is -2.17. The van der Waals surface area contributed by atoms with Gasteiger partial charge in [-0.15, -0.1) is 10.2 Å². The zero-order chi connectivity index (χ0) is 19.1. The molecule has 0 saturated carbocycles. The summed E-state index contributed by atoms with van der Waals surface area (Å²) in [6.07, 6.45) is 1.61. The minimum Gasteiger partial charge on any atom is -0.383 e. The van der Waals surface area contributed by atoms with Crippen LogP contribution in [0.1, 0.15) is 10.8 Å². The molecular weight excluding hydrogens is 367 g/mol. The van der Waals surface area contributed by atoms with Gasteiger partial charge in [0.1, 0.15) is 17.4 Å². The highest BCUT2D eigenvalue weighted by Crippen LogP contribution is 2.35. The molecular formula is C19H19FN4O2S. The summed E-state index contributed by atoms with van der Waals surface area (Å²) in [7, 11) is 1.63. The molecule has 0 aliphatic carbocycles. The number of carbonyl (C=O) groups excluding carboxylic acids is 1. The van der Waals surface area contributed by atoms with Gasteiger partial charge in [0.25, 0.3) is 0 Å². The Hall–Kier alpha value is -2.71. The van der Waals surface area contributed by atoms with Gasteiger partial charge in [0.15, 0.2) is 5.16 Å². The van der Waals surface area contributed by atoms with Gasteiger partial charge in [0.2, 0.25) is 5.91 Å². The number of anilines is 1. The molecule has 0 fully saturated rings.